The molecule has 1 unspecified atom stereocenters. The monoisotopic (exact) mass is 262 g/mol. The van der Waals surface area contributed by atoms with Crippen molar-refractivity contribution >= 4 is 11.6 Å². The van der Waals surface area contributed by atoms with Gasteiger partial charge in [0.25, 0.3) is 0 Å². The molecule has 1 atom stereocenters. The molecule has 5 heteroatoms. The summed E-state index contributed by atoms with van der Waals surface area (Å²) in [7, 11) is 3.07. The van der Waals surface area contributed by atoms with Crippen molar-refractivity contribution in [2.75, 3.05) is 19.5 Å². The smallest absolute Gasteiger partial charge is 0.241 e. The third kappa shape index (κ3) is 3.88. The van der Waals surface area contributed by atoms with Gasteiger partial charge < -0.3 is 14.8 Å². The summed E-state index contributed by atoms with van der Waals surface area (Å²) in [5.41, 5.74) is 0.544. The largest absolute Gasteiger partial charge is 0.497 e. The summed E-state index contributed by atoms with van der Waals surface area (Å²) in [6, 6.07) is 7.06. The zero-order valence-electron chi connectivity index (χ0n) is 11.6. The van der Waals surface area contributed by atoms with Crippen molar-refractivity contribution in [1.82, 2.24) is 0 Å². The number of nitrogens with zero attached hydrogens (tertiary/aromatic N) is 1. The second-order valence-corrected chi connectivity index (χ2v) is 4.44. The minimum absolute atomic E-state index is 0.0440. The summed E-state index contributed by atoms with van der Waals surface area (Å²) in [5.74, 6) is 0.0999. The standard InChI is InChI=1S/C14H18N2O3/c1-9(2)13(8-15)14(17)16-10-5-11(18-3)7-12(6-10)19-4/h5-7,9,13H,1-4H3,(H,16,17). The first-order valence-electron chi connectivity index (χ1n) is 5.95. The first-order valence-corrected chi connectivity index (χ1v) is 5.95. The molecule has 1 rings (SSSR count). The van der Waals surface area contributed by atoms with Crippen LogP contribution in [0.4, 0.5) is 5.69 Å². The van der Waals surface area contributed by atoms with Gasteiger partial charge in [0.05, 0.1) is 20.3 Å². The highest BCUT2D eigenvalue weighted by Crippen LogP contribution is 2.26. The number of anilines is 1. The van der Waals surface area contributed by atoms with Crippen LogP contribution in [-0.4, -0.2) is 20.1 Å². The van der Waals surface area contributed by atoms with Crippen LogP contribution in [-0.2, 0) is 4.79 Å². The lowest BCUT2D eigenvalue weighted by Crippen LogP contribution is -2.25. The van der Waals surface area contributed by atoms with Crippen molar-refractivity contribution in [3.05, 3.63) is 18.2 Å². The molecule has 0 bridgehead atoms. The number of nitriles is 1. The molecule has 0 aliphatic rings. The number of hydrogen-bond donors (Lipinski definition) is 1. The van der Waals surface area contributed by atoms with E-state index in [9.17, 15) is 4.79 Å². The van der Waals surface area contributed by atoms with Crippen molar-refractivity contribution in [3.8, 4) is 17.6 Å². The Labute approximate surface area is 113 Å². The Hall–Kier alpha value is -2.22. The summed E-state index contributed by atoms with van der Waals surface area (Å²) in [6.45, 7) is 3.67. The SMILES string of the molecule is COc1cc(NC(=O)C(C#N)C(C)C)cc(OC)c1. The molecule has 0 aliphatic carbocycles. The summed E-state index contributed by atoms with van der Waals surface area (Å²) >= 11 is 0. The maximum atomic E-state index is 12.0. The highest BCUT2D eigenvalue weighted by molar-refractivity contribution is 5.94. The lowest BCUT2D eigenvalue weighted by Gasteiger charge is -2.14. The number of rotatable bonds is 5. The van der Waals surface area contributed by atoms with Crippen molar-refractivity contribution < 1.29 is 14.3 Å². The number of amides is 1. The van der Waals surface area contributed by atoms with E-state index < -0.39 is 5.92 Å². The minimum atomic E-state index is -0.683. The molecule has 1 N–H and O–H groups in total. The molecule has 0 fully saturated rings. The Bertz CT molecular complexity index is 470. The lowest BCUT2D eigenvalue weighted by atomic mass is 9.96. The van der Waals surface area contributed by atoms with Gasteiger partial charge in [-0.25, -0.2) is 0 Å². The Kier molecular flexibility index (Phi) is 5.19. The van der Waals surface area contributed by atoms with Gasteiger partial charge in [0, 0.05) is 23.9 Å². The zero-order valence-corrected chi connectivity index (χ0v) is 11.6. The number of benzene rings is 1. The maximum absolute atomic E-state index is 12.0. The quantitative estimate of drug-likeness (QED) is 0.884. The zero-order chi connectivity index (χ0) is 14.4. The second kappa shape index (κ2) is 6.64. The van der Waals surface area contributed by atoms with Gasteiger partial charge in [0.15, 0.2) is 0 Å². The van der Waals surface area contributed by atoms with Crippen molar-refractivity contribution in [1.29, 1.82) is 5.26 Å². The number of nitrogens with one attached hydrogen (secondary N) is 1. The molecule has 1 aromatic carbocycles. The fraction of sp³-hybridized carbons (Fsp3) is 0.429. The number of carbonyl (C=O) groups excluding carboxylic acids is 1. The normalized spacial score (nSPS) is 11.6. The van der Waals surface area contributed by atoms with Crippen LogP contribution in [0.5, 0.6) is 11.5 Å². The van der Waals surface area contributed by atoms with Gasteiger partial charge in [0.2, 0.25) is 5.91 Å². The van der Waals surface area contributed by atoms with E-state index in [4.69, 9.17) is 14.7 Å². The molecule has 0 saturated carbocycles. The first-order chi connectivity index (χ1) is 9.01. The molecule has 0 heterocycles. The van der Waals surface area contributed by atoms with Gasteiger partial charge in [0.1, 0.15) is 17.4 Å². The van der Waals surface area contributed by atoms with Gasteiger partial charge >= 0.3 is 0 Å². The van der Waals surface area contributed by atoms with Crippen LogP contribution >= 0.6 is 0 Å². The van der Waals surface area contributed by atoms with E-state index in [0.29, 0.717) is 17.2 Å². The number of methoxy groups -OCH3 is 2. The number of hydrogen-bond acceptors (Lipinski definition) is 4. The van der Waals surface area contributed by atoms with Gasteiger partial charge in [-0.2, -0.15) is 5.26 Å². The van der Waals surface area contributed by atoms with Crippen LogP contribution < -0.4 is 14.8 Å². The van der Waals surface area contributed by atoms with E-state index >= 15 is 0 Å². The Morgan fingerprint density at radius 3 is 2.11 bits per heavy atom. The van der Waals surface area contributed by atoms with Crippen LogP contribution in [0.15, 0.2) is 18.2 Å². The van der Waals surface area contributed by atoms with Crippen molar-refractivity contribution in [2.24, 2.45) is 11.8 Å². The Balaban J connectivity index is 2.93. The fourth-order valence-corrected chi connectivity index (χ4v) is 1.61. The summed E-state index contributed by atoms with van der Waals surface area (Å²) in [4.78, 5) is 12.0. The summed E-state index contributed by atoms with van der Waals surface area (Å²) in [5, 5.41) is 11.7. The predicted octanol–water partition coefficient (Wildman–Crippen LogP) is 2.44. The van der Waals surface area contributed by atoms with Gasteiger partial charge in [-0.3, -0.25) is 4.79 Å². The molecule has 1 amide bonds. The molecule has 0 saturated heterocycles. The van der Waals surface area contributed by atoms with Gasteiger partial charge in [-0.05, 0) is 5.92 Å². The molecule has 5 nitrogen and oxygen atoms in total. The van der Waals surface area contributed by atoms with Gasteiger partial charge in [-0.15, -0.1) is 0 Å². The molecule has 0 spiro atoms. The third-order valence-corrected chi connectivity index (χ3v) is 2.71. The van der Waals surface area contributed by atoms with Crippen molar-refractivity contribution in [2.45, 2.75) is 13.8 Å². The Morgan fingerprint density at radius 2 is 1.74 bits per heavy atom. The highest BCUT2D eigenvalue weighted by Gasteiger charge is 2.21. The van der Waals surface area contributed by atoms with Crippen LogP contribution in [0.25, 0.3) is 0 Å². The number of carbonyl (C=O) groups is 1. The minimum Gasteiger partial charge on any atom is -0.497 e. The Morgan fingerprint density at radius 1 is 1.21 bits per heavy atom. The van der Waals surface area contributed by atoms with Crippen LogP contribution in [0.3, 0.4) is 0 Å². The lowest BCUT2D eigenvalue weighted by molar-refractivity contribution is -0.119. The first kappa shape index (κ1) is 14.8. The molecule has 0 radical (unpaired) electrons. The fourth-order valence-electron chi connectivity index (χ4n) is 1.61. The van der Waals surface area contributed by atoms with Crippen LogP contribution in [0.2, 0.25) is 0 Å². The molecule has 0 aliphatic heterocycles. The van der Waals surface area contributed by atoms with E-state index in [0.717, 1.165) is 0 Å². The second-order valence-electron chi connectivity index (χ2n) is 4.44. The van der Waals surface area contributed by atoms with Gasteiger partial charge in [-0.1, -0.05) is 13.8 Å². The van der Waals surface area contributed by atoms with E-state index in [1.54, 1.807) is 18.2 Å². The predicted molar refractivity (Wildman–Crippen MR) is 72.1 cm³/mol. The molecule has 102 valence electrons. The summed E-state index contributed by atoms with van der Waals surface area (Å²) in [6.07, 6.45) is 0. The number of ether oxygens (including phenoxy) is 2. The van der Waals surface area contributed by atoms with E-state index in [1.165, 1.54) is 14.2 Å². The van der Waals surface area contributed by atoms with E-state index in [1.807, 2.05) is 19.9 Å². The van der Waals surface area contributed by atoms with E-state index in [-0.39, 0.29) is 11.8 Å². The van der Waals surface area contributed by atoms with Crippen molar-refractivity contribution in [3.63, 3.8) is 0 Å². The average molecular weight is 262 g/mol. The van der Waals surface area contributed by atoms with E-state index in [2.05, 4.69) is 5.32 Å². The maximum Gasteiger partial charge on any atom is 0.241 e. The third-order valence-electron chi connectivity index (χ3n) is 2.71. The topological polar surface area (TPSA) is 71.3 Å². The summed E-state index contributed by atoms with van der Waals surface area (Å²) < 4.78 is 10.2. The molecule has 19 heavy (non-hydrogen) atoms. The molecule has 1 aromatic rings. The highest BCUT2D eigenvalue weighted by atomic mass is 16.5. The van der Waals surface area contributed by atoms with Crippen LogP contribution in [0, 0.1) is 23.2 Å². The molecular weight excluding hydrogens is 244 g/mol. The molecule has 0 aromatic heterocycles. The molecular formula is C14H18N2O3. The average Bonchev–Trinajstić information content (AvgIpc) is 2.38. The van der Waals surface area contributed by atoms with Crippen LogP contribution in [0.1, 0.15) is 13.8 Å².